The molecule has 0 radical (unpaired) electrons. The molecule has 2 rings (SSSR count). The van der Waals surface area contributed by atoms with Crippen LogP contribution in [0, 0.1) is 19.7 Å². The van der Waals surface area contributed by atoms with Gasteiger partial charge in [0.2, 0.25) is 0 Å². The van der Waals surface area contributed by atoms with Gasteiger partial charge < -0.3 is 10.3 Å². The third kappa shape index (κ3) is 2.62. The van der Waals surface area contributed by atoms with Gasteiger partial charge >= 0.3 is 0 Å². The fraction of sp³-hybridized carbons (Fsp3) is 0.400. The molecule has 1 aromatic carbocycles. The van der Waals surface area contributed by atoms with E-state index in [4.69, 9.17) is 5.73 Å². The minimum atomic E-state index is -0.224. The van der Waals surface area contributed by atoms with Gasteiger partial charge in [-0.05, 0) is 31.9 Å². The lowest BCUT2D eigenvalue weighted by Crippen LogP contribution is -2.05. The number of benzene rings is 1. The summed E-state index contributed by atoms with van der Waals surface area (Å²) in [6.07, 6.45) is 2.16. The second-order valence-corrected chi connectivity index (χ2v) is 4.86. The van der Waals surface area contributed by atoms with Crippen molar-refractivity contribution in [2.24, 2.45) is 0 Å². The molecule has 0 unspecified atom stereocenters. The van der Waals surface area contributed by atoms with Crippen LogP contribution in [0.1, 0.15) is 31.2 Å². The molecule has 102 valence electrons. The number of hydrogen-bond acceptors (Lipinski definition) is 2. The van der Waals surface area contributed by atoms with Gasteiger partial charge in [0.25, 0.3) is 0 Å². The first-order valence-electron chi connectivity index (χ1n) is 6.63. The fourth-order valence-electron chi connectivity index (χ4n) is 2.13. The van der Waals surface area contributed by atoms with Crippen LogP contribution in [0.2, 0.25) is 0 Å². The van der Waals surface area contributed by atoms with Crippen LogP contribution in [0.3, 0.4) is 0 Å². The Morgan fingerprint density at radius 2 is 2.05 bits per heavy atom. The van der Waals surface area contributed by atoms with Gasteiger partial charge in [0.05, 0.1) is 0 Å². The van der Waals surface area contributed by atoms with Crippen LogP contribution in [-0.4, -0.2) is 9.55 Å². The Morgan fingerprint density at radius 3 is 2.68 bits per heavy atom. The number of aromatic nitrogens is 2. The summed E-state index contributed by atoms with van der Waals surface area (Å²) in [6, 6.07) is 5.11. The van der Waals surface area contributed by atoms with Gasteiger partial charge in [-0.2, -0.15) is 0 Å². The van der Waals surface area contributed by atoms with Crippen LogP contribution in [0.5, 0.6) is 0 Å². The maximum absolute atomic E-state index is 13.6. The van der Waals surface area contributed by atoms with Crippen molar-refractivity contribution >= 4 is 5.82 Å². The number of imidazole rings is 1. The van der Waals surface area contributed by atoms with Gasteiger partial charge in [0.1, 0.15) is 23.2 Å². The molecule has 1 aromatic heterocycles. The molecule has 2 aromatic rings. The molecule has 2 N–H and O–H groups in total. The average Bonchev–Trinajstić information content (AvgIpc) is 2.66. The van der Waals surface area contributed by atoms with E-state index in [1.807, 2.05) is 17.6 Å². The number of aryl methyl sites for hydroxylation is 2. The van der Waals surface area contributed by atoms with E-state index in [-0.39, 0.29) is 5.82 Å². The summed E-state index contributed by atoms with van der Waals surface area (Å²) >= 11 is 0. The first-order chi connectivity index (χ1) is 9.04. The zero-order chi connectivity index (χ0) is 14.0. The van der Waals surface area contributed by atoms with E-state index in [9.17, 15) is 4.39 Å². The maximum atomic E-state index is 13.6. The zero-order valence-corrected chi connectivity index (χ0v) is 11.7. The van der Waals surface area contributed by atoms with Crippen molar-refractivity contribution in [3.63, 3.8) is 0 Å². The van der Waals surface area contributed by atoms with E-state index < -0.39 is 0 Å². The monoisotopic (exact) mass is 261 g/mol. The summed E-state index contributed by atoms with van der Waals surface area (Å²) in [5.74, 6) is 1.27. The SMILES string of the molecule is CCCCn1c(C)nc(-c2ccc(C)c(F)c2)c1N. The van der Waals surface area contributed by atoms with Gasteiger partial charge in [-0.1, -0.05) is 25.5 Å². The van der Waals surface area contributed by atoms with Gasteiger partial charge in [0, 0.05) is 12.1 Å². The van der Waals surface area contributed by atoms with E-state index in [1.54, 1.807) is 13.0 Å². The molecule has 0 saturated heterocycles. The lowest BCUT2D eigenvalue weighted by Gasteiger charge is -2.07. The molecular formula is C15H20FN3. The topological polar surface area (TPSA) is 43.8 Å². The van der Waals surface area contributed by atoms with Crippen LogP contribution >= 0.6 is 0 Å². The summed E-state index contributed by atoms with van der Waals surface area (Å²) in [4.78, 5) is 4.48. The molecule has 0 amide bonds. The number of hydrogen-bond donors (Lipinski definition) is 1. The first kappa shape index (κ1) is 13.6. The van der Waals surface area contributed by atoms with E-state index in [0.29, 0.717) is 17.1 Å². The van der Waals surface area contributed by atoms with Crippen LogP contribution < -0.4 is 5.73 Å². The summed E-state index contributed by atoms with van der Waals surface area (Å²) < 4.78 is 15.6. The van der Waals surface area contributed by atoms with Crippen LogP contribution in [0.15, 0.2) is 18.2 Å². The van der Waals surface area contributed by atoms with Crippen LogP contribution in [0.4, 0.5) is 10.2 Å². The molecule has 0 saturated carbocycles. The van der Waals surface area contributed by atoms with Gasteiger partial charge in [0.15, 0.2) is 0 Å². The normalized spacial score (nSPS) is 10.9. The summed E-state index contributed by atoms with van der Waals surface area (Å²) in [7, 11) is 0. The Balaban J connectivity index is 2.42. The Morgan fingerprint density at radius 1 is 1.32 bits per heavy atom. The fourth-order valence-corrected chi connectivity index (χ4v) is 2.13. The average molecular weight is 261 g/mol. The lowest BCUT2D eigenvalue weighted by atomic mass is 10.1. The lowest BCUT2D eigenvalue weighted by molar-refractivity contribution is 0.619. The minimum Gasteiger partial charge on any atom is -0.383 e. The van der Waals surface area contributed by atoms with E-state index >= 15 is 0 Å². The first-order valence-corrected chi connectivity index (χ1v) is 6.63. The van der Waals surface area contributed by atoms with Crippen molar-refractivity contribution in [1.82, 2.24) is 9.55 Å². The number of anilines is 1. The number of nitrogens with two attached hydrogens (primary N) is 1. The van der Waals surface area contributed by atoms with Crippen molar-refractivity contribution in [3.8, 4) is 11.3 Å². The van der Waals surface area contributed by atoms with Crippen molar-refractivity contribution in [2.75, 3.05) is 5.73 Å². The summed E-state index contributed by atoms with van der Waals surface area (Å²) in [6.45, 7) is 6.67. The van der Waals surface area contributed by atoms with E-state index in [0.717, 1.165) is 30.8 Å². The second-order valence-electron chi connectivity index (χ2n) is 4.86. The Hall–Kier alpha value is -1.84. The maximum Gasteiger partial charge on any atom is 0.131 e. The quantitative estimate of drug-likeness (QED) is 0.912. The Labute approximate surface area is 113 Å². The summed E-state index contributed by atoms with van der Waals surface area (Å²) in [5.41, 5.74) is 8.18. The highest BCUT2D eigenvalue weighted by molar-refractivity contribution is 5.71. The highest BCUT2D eigenvalue weighted by Crippen LogP contribution is 2.27. The van der Waals surface area contributed by atoms with Gasteiger partial charge in [-0.15, -0.1) is 0 Å². The van der Waals surface area contributed by atoms with Crippen LogP contribution in [-0.2, 0) is 6.54 Å². The highest BCUT2D eigenvalue weighted by atomic mass is 19.1. The second kappa shape index (κ2) is 5.43. The molecule has 0 fully saturated rings. The molecule has 0 aliphatic heterocycles. The van der Waals surface area contributed by atoms with Crippen molar-refractivity contribution in [1.29, 1.82) is 0 Å². The molecule has 1 heterocycles. The number of unbranched alkanes of at least 4 members (excludes halogenated alkanes) is 1. The van der Waals surface area contributed by atoms with Gasteiger partial charge in [-0.3, -0.25) is 0 Å². The molecule has 0 spiro atoms. The molecule has 0 atom stereocenters. The van der Waals surface area contributed by atoms with Crippen molar-refractivity contribution in [3.05, 3.63) is 35.4 Å². The zero-order valence-electron chi connectivity index (χ0n) is 11.7. The molecule has 19 heavy (non-hydrogen) atoms. The largest absolute Gasteiger partial charge is 0.383 e. The third-order valence-electron chi connectivity index (χ3n) is 3.38. The van der Waals surface area contributed by atoms with Crippen LogP contribution in [0.25, 0.3) is 11.3 Å². The summed E-state index contributed by atoms with van der Waals surface area (Å²) in [5, 5.41) is 0. The number of rotatable bonds is 4. The predicted octanol–water partition coefficient (Wildman–Crippen LogP) is 3.69. The smallest absolute Gasteiger partial charge is 0.131 e. The molecule has 0 aliphatic rings. The number of nitrogen functional groups attached to an aromatic ring is 1. The molecule has 3 nitrogen and oxygen atoms in total. The molecule has 0 bridgehead atoms. The third-order valence-corrected chi connectivity index (χ3v) is 3.38. The standard InChI is InChI=1S/C15H20FN3/c1-4-5-8-19-11(3)18-14(15(19)17)12-7-6-10(2)13(16)9-12/h6-7,9H,4-5,8,17H2,1-3H3. The van der Waals surface area contributed by atoms with Crippen molar-refractivity contribution < 1.29 is 4.39 Å². The molecule has 0 aliphatic carbocycles. The highest BCUT2D eigenvalue weighted by Gasteiger charge is 2.14. The predicted molar refractivity (Wildman–Crippen MR) is 76.4 cm³/mol. The van der Waals surface area contributed by atoms with E-state index in [2.05, 4.69) is 11.9 Å². The van der Waals surface area contributed by atoms with E-state index in [1.165, 1.54) is 6.07 Å². The van der Waals surface area contributed by atoms with Gasteiger partial charge in [-0.25, -0.2) is 9.37 Å². The molecule has 4 heteroatoms. The van der Waals surface area contributed by atoms with Crippen molar-refractivity contribution in [2.45, 2.75) is 40.2 Å². The Bertz CT molecular complexity index is 587. The minimum absolute atomic E-state index is 0.224. The Kier molecular flexibility index (Phi) is 3.88. The number of halogens is 1. The molecular weight excluding hydrogens is 241 g/mol. The number of nitrogens with zero attached hydrogens (tertiary/aromatic N) is 2.